The zero-order valence-corrected chi connectivity index (χ0v) is 16.8. The van der Waals surface area contributed by atoms with Crippen molar-refractivity contribution in [3.05, 3.63) is 52.1 Å². The van der Waals surface area contributed by atoms with E-state index in [0.717, 1.165) is 17.0 Å². The van der Waals surface area contributed by atoms with Crippen LogP contribution in [-0.4, -0.2) is 36.3 Å². The van der Waals surface area contributed by atoms with Crippen molar-refractivity contribution in [3.8, 4) is 11.5 Å². The number of rotatable bonds is 5. The van der Waals surface area contributed by atoms with Gasteiger partial charge in [-0.2, -0.15) is 0 Å². The maximum absolute atomic E-state index is 13.4. The number of thioether (sulfide) groups is 1. The fourth-order valence-corrected chi connectivity index (χ4v) is 4.26. The Bertz CT molecular complexity index is 902. The lowest BCUT2D eigenvalue weighted by Gasteiger charge is -2.23. The van der Waals surface area contributed by atoms with E-state index in [1.54, 1.807) is 23.6 Å². The van der Waals surface area contributed by atoms with E-state index in [2.05, 4.69) is 6.92 Å². The Hall–Kier alpha value is -2.74. The molecule has 1 aliphatic rings. The van der Waals surface area contributed by atoms with Crippen LogP contribution in [0.15, 0.2) is 41.3 Å². The number of anilines is 1. The van der Waals surface area contributed by atoms with Crippen molar-refractivity contribution >= 4 is 29.0 Å². The summed E-state index contributed by atoms with van der Waals surface area (Å²) < 4.78 is 10.7. The van der Waals surface area contributed by atoms with Gasteiger partial charge in [-0.3, -0.25) is 14.9 Å². The third-order valence-electron chi connectivity index (χ3n) is 4.50. The normalized spacial score (nSPS) is 16.1. The average molecular weight is 402 g/mol. The molecule has 1 heterocycles. The summed E-state index contributed by atoms with van der Waals surface area (Å²) in [5.74, 6) is 0.116. The molecule has 0 saturated heterocycles. The number of fused-ring (bicyclic) bond motifs is 1. The molecule has 2 aromatic rings. The topological polar surface area (TPSA) is 81.9 Å². The minimum atomic E-state index is -0.559. The van der Waals surface area contributed by atoms with Gasteiger partial charge in [0.25, 0.3) is 11.6 Å². The molecule has 0 fully saturated rings. The van der Waals surface area contributed by atoms with Gasteiger partial charge < -0.3 is 14.4 Å². The molecule has 0 spiro atoms. The van der Waals surface area contributed by atoms with Crippen molar-refractivity contribution in [1.82, 2.24) is 0 Å². The van der Waals surface area contributed by atoms with Crippen LogP contribution >= 0.6 is 11.8 Å². The third kappa shape index (κ3) is 3.91. The number of hydrogen-bond acceptors (Lipinski definition) is 6. The van der Waals surface area contributed by atoms with E-state index in [1.807, 2.05) is 24.3 Å². The number of ether oxygens (including phenoxy) is 2. The number of hydrogen-bond donors (Lipinski definition) is 0. The van der Waals surface area contributed by atoms with Crippen LogP contribution in [0.1, 0.15) is 30.6 Å². The van der Waals surface area contributed by atoms with Crippen LogP contribution in [-0.2, 0) is 0 Å². The van der Waals surface area contributed by atoms with Gasteiger partial charge in [0.2, 0.25) is 0 Å². The Morgan fingerprint density at radius 3 is 2.75 bits per heavy atom. The summed E-state index contributed by atoms with van der Waals surface area (Å²) >= 11 is 1.70. The van der Waals surface area contributed by atoms with Gasteiger partial charge in [-0.1, -0.05) is 19.1 Å². The summed E-state index contributed by atoms with van der Waals surface area (Å²) in [5.41, 5.74) is 0.459. The van der Waals surface area contributed by atoms with Crippen LogP contribution in [0.25, 0.3) is 0 Å². The molecule has 0 bridgehead atoms. The van der Waals surface area contributed by atoms with Crippen molar-refractivity contribution in [2.75, 3.05) is 25.2 Å². The molecule has 1 atom stereocenters. The highest BCUT2D eigenvalue weighted by Crippen LogP contribution is 2.40. The largest absolute Gasteiger partial charge is 0.493 e. The van der Waals surface area contributed by atoms with Crippen LogP contribution in [0.3, 0.4) is 0 Å². The Morgan fingerprint density at radius 2 is 2.07 bits per heavy atom. The van der Waals surface area contributed by atoms with Gasteiger partial charge in [-0.15, -0.1) is 11.8 Å². The zero-order chi connectivity index (χ0) is 20.3. The molecular formula is C20H22N2O5S. The molecule has 1 unspecified atom stereocenters. The summed E-state index contributed by atoms with van der Waals surface area (Å²) in [6, 6.07) is 10.3. The number of methoxy groups -OCH3 is 1. The predicted octanol–water partition coefficient (Wildman–Crippen LogP) is 4.53. The van der Waals surface area contributed by atoms with E-state index in [1.165, 1.54) is 19.2 Å². The highest BCUT2D eigenvalue weighted by Gasteiger charge is 2.31. The summed E-state index contributed by atoms with van der Waals surface area (Å²) in [6.45, 7) is 4.70. The highest BCUT2D eigenvalue weighted by molar-refractivity contribution is 8.00. The van der Waals surface area contributed by atoms with Crippen molar-refractivity contribution < 1.29 is 19.2 Å². The first-order chi connectivity index (χ1) is 13.5. The summed E-state index contributed by atoms with van der Waals surface area (Å²) in [5, 5.41) is 12.0. The van der Waals surface area contributed by atoms with Crippen molar-refractivity contribution in [2.45, 2.75) is 30.4 Å². The number of nitro benzene ring substituents is 1. The fraction of sp³-hybridized carbons (Fsp3) is 0.350. The lowest BCUT2D eigenvalue weighted by Crippen LogP contribution is -2.32. The zero-order valence-electron chi connectivity index (χ0n) is 16.0. The molecule has 3 rings (SSSR count). The third-order valence-corrected chi connectivity index (χ3v) is 5.73. The van der Waals surface area contributed by atoms with E-state index >= 15 is 0 Å². The first-order valence-corrected chi connectivity index (χ1v) is 9.91. The van der Waals surface area contributed by atoms with E-state index in [9.17, 15) is 14.9 Å². The number of nitro groups is 1. The Balaban J connectivity index is 2.10. The molecule has 0 N–H and O–H groups in total. The summed E-state index contributed by atoms with van der Waals surface area (Å²) in [6.07, 6.45) is 0.785. The van der Waals surface area contributed by atoms with Gasteiger partial charge >= 0.3 is 0 Å². The van der Waals surface area contributed by atoms with Gasteiger partial charge in [0.1, 0.15) is 5.56 Å². The standard InChI is InChI=1S/C20H22N2O5S/c1-4-27-18-12-16(22(24)25)14(11-17(18)26-3)20(23)21-10-9-13(2)28-19-8-6-5-7-15(19)21/h5-8,11-13H,4,9-10H2,1-3H3. The second-order valence-corrected chi connectivity index (χ2v) is 7.83. The molecule has 0 saturated carbocycles. The minimum Gasteiger partial charge on any atom is -0.493 e. The van der Waals surface area contributed by atoms with E-state index < -0.39 is 10.8 Å². The van der Waals surface area contributed by atoms with E-state index in [4.69, 9.17) is 9.47 Å². The Labute approximate surface area is 167 Å². The number of nitrogens with zero attached hydrogens (tertiary/aromatic N) is 2. The average Bonchev–Trinajstić information content (AvgIpc) is 2.85. The first kappa shape index (κ1) is 20.0. The molecule has 1 aliphatic heterocycles. The van der Waals surface area contributed by atoms with Crippen molar-refractivity contribution in [3.63, 3.8) is 0 Å². The van der Waals surface area contributed by atoms with Crippen LogP contribution in [0, 0.1) is 10.1 Å². The quantitative estimate of drug-likeness (QED) is 0.540. The number of para-hydroxylation sites is 1. The summed E-state index contributed by atoms with van der Waals surface area (Å²) in [7, 11) is 1.44. The fourth-order valence-electron chi connectivity index (χ4n) is 3.14. The van der Waals surface area contributed by atoms with E-state index in [-0.39, 0.29) is 17.0 Å². The molecule has 7 nitrogen and oxygen atoms in total. The van der Waals surface area contributed by atoms with Gasteiger partial charge in [-0.25, -0.2) is 0 Å². The monoisotopic (exact) mass is 402 g/mol. The smallest absolute Gasteiger partial charge is 0.286 e. The maximum Gasteiger partial charge on any atom is 0.286 e. The van der Waals surface area contributed by atoms with Crippen LogP contribution in [0.4, 0.5) is 11.4 Å². The number of carbonyl (C=O) groups is 1. The summed E-state index contributed by atoms with van der Waals surface area (Å²) in [4.78, 5) is 27.1. The van der Waals surface area contributed by atoms with Crippen LogP contribution < -0.4 is 14.4 Å². The SMILES string of the molecule is CCOc1cc([N+](=O)[O-])c(C(=O)N2CCC(C)Sc3ccccc32)cc1OC. The first-order valence-electron chi connectivity index (χ1n) is 9.03. The minimum absolute atomic E-state index is 0.0142. The molecule has 1 amide bonds. The van der Waals surface area contributed by atoms with Crippen molar-refractivity contribution in [2.24, 2.45) is 0 Å². The molecule has 2 aromatic carbocycles. The van der Waals surface area contributed by atoms with Crippen LogP contribution in [0.5, 0.6) is 11.5 Å². The molecule has 8 heteroatoms. The maximum atomic E-state index is 13.4. The lowest BCUT2D eigenvalue weighted by molar-refractivity contribution is -0.385. The van der Waals surface area contributed by atoms with Gasteiger partial charge in [0, 0.05) is 22.8 Å². The highest BCUT2D eigenvalue weighted by atomic mass is 32.2. The molecule has 148 valence electrons. The van der Waals surface area contributed by atoms with Crippen molar-refractivity contribution in [1.29, 1.82) is 0 Å². The van der Waals surface area contributed by atoms with Gasteiger partial charge in [-0.05, 0) is 25.5 Å². The van der Waals surface area contributed by atoms with Gasteiger partial charge in [0.05, 0.1) is 30.4 Å². The number of amides is 1. The van der Waals surface area contributed by atoms with Gasteiger partial charge in [0.15, 0.2) is 11.5 Å². The number of carbonyl (C=O) groups excluding carboxylic acids is 1. The number of benzene rings is 2. The molecule has 28 heavy (non-hydrogen) atoms. The second-order valence-electron chi connectivity index (χ2n) is 6.35. The Kier molecular flexibility index (Phi) is 6.08. The molecule has 0 aromatic heterocycles. The predicted molar refractivity (Wildman–Crippen MR) is 109 cm³/mol. The Morgan fingerprint density at radius 1 is 1.32 bits per heavy atom. The van der Waals surface area contributed by atoms with Crippen LogP contribution in [0.2, 0.25) is 0 Å². The second kappa shape index (κ2) is 8.52. The molecule has 0 aliphatic carbocycles. The lowest BCUT2D eigenvalue weighted by atomic mass is 10.1. The molecule has 0 radical (unpaired) electrons. The van der Waals surface area contributed by atoms with E-state index in [0.29, 0.717) is 24.2 Å². The molecular weight excluding hydrogens is 380 g/mol.